The molecule has 0 amide bonds. The normalized spacial score (nSPS) is 21.6. The SMILES string of the molecule is CCCC12CCC(=O)C=C1c1c(cc(OC(C(=O)O)C(C)(C)C(=O)O)c(Cl)c1Cl)CC2. The van der Waals surface area contributed by atoms with Gasteiger partial charge in [0.25, 0.3) is 0 Å². The van der Waals surface area contributed by atoms with Gasteiger partial charge in [0.1, 0.15) is 16.2 Å². The molecular formula is C23H26Cl2O6. The molecule has 168 valence electrons. The quantitative estimate of drug-likeness (QED) is 0.554. The van der Waals surface area contributed by atoms with Gasteiger partial charge in [0.15, 0.2) is 5.78 Å². The van der Waals surface area contributed by atoms with Crippen LogP contribution in [0, 0.1) is 10.8 Å². The number of ether oxygens (including phenoxy) is 1. The zero-order chi connectivity index (χ0) is 23.1. The Hall–Kier alpha value is -2.05. The highest BCUT2D eigenvalue weighted by Crippen LogP contribution is 2.56. The maximum atomic E-state index is 12.2. The molecule has 0 fully saturated rings. The van der Waals surface area contributed by atoms with Crippen LogP contribution in [-0.2, 0) is 20.8 Å². The number of allylic oxidation sites excluding steroid dienone is 2. The van der Waals surface area contributed by atoms with Gasteiger partial charge < -0.3 is 14.9 Å². The summed E-state index contributed by atoms with van der Waals surface area (Å²) in [6.45, 7) is 4.67. The number of hydrogen-bond donors (Lipinski definition) is 2. The standard InChI is InChI=1S/C23H26Cl2O6/c1-4-7-23-8-5-12-10-15(31-19(20(27)28)22(2,3)21(29)30)17(24)18(25)16(12)14(23)11-13(26)6-9-23/h10-11,19H,4-9H2,1-3H3,(H,27,28)(H,29,30). The van der Waals surface area contributed by atoms with Crippen molar-refractivity contribution >= 4 is 46.5 Å². The Kier molecular flexibility index (Phi) is 6.45. The highest BCUT2D eigenvalue weighted by Gasteiger charge is 2.46. The monoisotopic (exact) mass is 468 g/mol. The van der Waals surface area contributed by atoms with Crippen LogP contribution in [0.3, 0.4) is 0 Å². The van der Waals surface area contributed by atoms with E-state index in [2.05, 4.69) is 6.92 Å². The molecule has 3 rings (SSSR count). The maximum Gasteiger partial charge on any atom is 0.346 e. The van der Waals surface area contributed by atoms with Crippen molar-refractivity contribution in [3.63, 3.8) is 0 Å². The Labute approximate surface area is 191 Å². The lowest BCUT2D eigenvalue weighted by Gasteiger charge is -2.43. The lowest BCUT2D eigenvalue weighted by molar-refractivity contribution is -0.164. The third-order valence-electron chi connectivity index (χ3n) is 6.53. The largest absolute Gasteiger partial charge is 0.481 e. The lowest BCUT2D eigenvalue weighted by atomic mass is 9.61. The van der Waals surface area contributed by atoms with Crippen molar-refractivity contribution in [2.75, 3.05) is 0 Å². The second-order valence-corrected chi connectivity index (χ2v) is 9.71. The van der Waals surface area contributed by atoms with Crippen molar-refractivity contribution in [3.05, 3.63) is 33.3 Å². The molecule has 8 heteroatoms. The minimum Gasteiger partial charge on any atom is -0.481 e. The molecule has 0 spiro atoms. The minimum absolute atomic E-state index is 0.0130. The number of carbonyl (C=O) groups is 3. The zero-order valence-corrected chi connectivity index (χ0v) is 19.3. The summed E-state index contributed by atoms with van der Waals surface area (Å²) in [4.78, 5) is 35.6. The van der Waals surface area contributed by atoms with Gasteiger partial charge in [-0.2, -0.15) is 0 Å². The number of halogens is 2. The van der Waals surface area contributed by atoms with Crippen LogP contribution in [0.15, 0.2) is 12.1 Å². The van der Waals surface area contributed by atoms with E-state index in [9.17, 15) is 24.6 Å². The molecule has 0 heterocycles. The number of aliphatic carboxylic acids is 2. The number of carboxylic acids is 2. The summed E-state index contributed by atoms with van der Waals surface area (Å²) in [5.74, 6) is -2.65. The molecule has 1 aromatic carbocycles. The summed E-state index contributed by atoms with van der Waals surface area (Å²) < 4.78 is 5.63. The molecule has 2 aliphatic rings. The fourth-order valence-corrected chi connectivity index (χ4v) is 5.20. The van der Waals surface area contributed by atoms with Crippen molar-refractivity contribution in [2.24, 2.45) is 10.8 Å². The summed E-state index contributed by atoms with van der Waals surface area (Å²) in [6.07, 6.45) is 4.70. The minimum atomic E-state index is -1.70. The summed E-state index contributed by atoms with van der Waals surface area (Å²) in [5.41, 5.74) is 0.600. The zero-order valence-electron chi connectivity index (χ0n) is 17.8. The molecule has 2 atom stereocenters. The maximum absolute atomic E-state index is 12.2. The van der Waals surface area contributed by atoms with Crippen molar-refractivity contribution in [1.29, 1.82) is 0 Å². The smallest absolute Gasteiger partial charge is 0.346 e. The lowest BCUT2D eigenvalue weighted by Crippen LogP contribution is -2.46. The number of carboxylic acid groups (broad SMARTS) is 2. The number of carbonyl (C=O) groups excluding carboxylic acids is 1. The molecule has 2 N–H and O–H groups in total. The van der Waals surface area contributed by atoms with E-state index in [1.54, 1.807) is 12.1 Å². The molecule has 31 heavy (non-hydrogen) atoms. The van der Waals surface area contributed by atoms with Crippen LogP contribution in [0.25, 0.3) is 5.57 Å². The first-order valence-electron chi connectivity index (χ1n) is 10.3. The van der Waals surface area contributed by atoms with Gasteiger partial charge in [0.2, 0.25) is 6.10 Å². The van der Waals surface area contributed by atoms with Crippen molar-refractivity contribution < 1.29 is 29.3 Å². The Bertz CT molecular complexity index is 981. The molecule has 2 aliphatic carbocycles. The Morgan fingerprint density at radius 3 is 2.42 bits per heavy atom. The predicted octanol–water partition coefficient (Wildman–Crippen LogP) is 5.42. The van der Waals surface area contributed by atoms with Gasteiger partial charge in [-0.3, -0.25) is 9.59 Å². The third-order valence-corrected chi connectivity index (χ3v) is 7.38. The number of aryl methyl sites for hydroxylation is 1. The first-order valence-corrected chi connectivity index (χ1v) is 11.1. The van der Waals surface area contributed by atoms with Crippen molar-refractivity contribution in [2.45, 2.75) is 65.4 Å². The van der Waals surface area contributed by atoms with Crippen LogP contribution >= 0.6 is 23.2 Å². The first kappa shape index (κ1) is 23.6. The Morgan fingerprint density at radius 2 is 1.84 bits per heavy atom. The fraction of sp³-hybridized carbons (Fsp3) is 0.522. The summed E-state index contributed by atoms with van der Waals surface area (Å²) in [6, 6.07) is 1.63. The molecule has 0 radical (unpaired) electrons. The average Bonchev–Trinajstić information content (AvgIpc) is 2.69. The summed E-state index contributed by atoms with van der Waals surface area (Å²) in [5, 5.41) is 19.2. The second kappa shape index (κ2) is 8.47. The van der Waals surface area contributed by atoms with Crippen LogP contribution in [0.2, 0.25) is 10.0 Å². The van der Waals surface area contributed by atoms with Crippen LogP contribution in [0.5, 0.6) is 5.75 Å². The van der Waals surface area contributed by atoms with E-state index in [1.165, 1.54) is 13.8 Å². The van der Waals surface area contributed by atoms with Crippen molar-refractivity contribution in [1.82, 2.24) is 0 Å². The van der Waals surface area contributed by atoms with E-state index in [-0.39, 0.29) is 27.0 Å². The van der Waals surface area contributed by atoms with E-state index in [1.807, 2.05) is 0 Å². The van der Waals surface area contributed by atoms with E-state index < -0.39 is 23.5 Å². The fourth-order valence-electron chi connectivity index (χ4n) is 4.69. The third kappa shape index (κ3) is 4.08. The molecule has 0 saturated heterocycles. The highest BCUT2D eigenvalue weighted by molar-refractivity contribution is 6.44. The Morgan fingerprint density at radius 1 is 1.19 bits per heavy atom. The van der Waals surface area contributed by atoms with E-state index in [4.69, 9.17) is 27.9 Å². The van der Waals surface area contributed by atoms with Crippen LogP contribution < -0.4 is 4.74 Å². The van der Waals surface area contributed by atoms with E-state index in [0.717, 1.165) is 42.4 Å². The van der Waals surface area contributed by atoms with Gasteiger partial charge in [-0.15, -0.1) is 0 Å². The number of hydrogen-bond acceptors (Lipinski definition) is 4. The number of fused-ring (bicyclic) bond motifs is 3. The molecule has 0 aliphatic heterocycles. The second-order valence-electron chi connectivity index (χ2n) is 8.95. The molecule has 0 saturated carbocycles. The summed E-state index contributed by atoms with van der Waals surface area (Å²) >= 11 is 13.1. The number of benzene rings is 1. The van der Waals surface area contributed by atoms with Gasteiger partial charge in [0.05, 0.1) is 5.02 Å². The molecular weight excluding hydrogens is 443 g/mol. The van der Waals surface area contributed by atoms with Crippen LogP contribution in [0.1, 0.15) is 64.0 Å². The predicted molar refractivity (Wildman–Crippen MR) is 118 cm³/mol. The molecule has 0 bridgehead atoms. The molecule has 1 aromatic rings. The van der Waals surface area contributed by atoms with E-state index >= 15 is 0 Å². The molecule has 2 unspecified atom stereocenters. The van der Waals surface area contributed by atoms with Gasteiger partial charge in [0, 0.05) is 12.0 Å². The van der Waals surface area contributed by atoms with E-state index in [0.29, 0.717) is 12.8 Å². The number of ketones is 1. The van der Waals surface area contributed by atoms with Crippen molar-refractivity contribution in [3.8, 4) is 5.75 Å². The highest BCUT2D eigenvalue weighted by atomic mass is 35.5. The topological polar surface area (TPSA) is 101 Å². The Balaban J connectivity index is 2.11. The summed E-state index contributed by atoms with van der Waals surface area (Å²) in [7, 11) is 0. The van der Waals surface area contributed by atoms with Gasteiger partial charge in [-0.05, 0) is 68.2 Å². The molecule has 6 nitrogen and oxygen atoms in total. The molecule has 0 aromatic heterocycles. The number of rotatable bonds is 7. The van der Waals surface area contributed by atoms with Crippen LogP contribution in [-0.4, -0.2) is 34.0 Å². The van der Waals surface area contributed by atoms with Gasteiger partial charge in [-0.25, -0.2) is 4.79 Å². The van der Waals surface area contributed by atoms with Gasteiger partial charge in [-0.1, -0.05) is 36.5 Å². The average molecular weight is 469 g/mol. The first-order chi connectivity index (χ1) is 14.4. The van der Waals surface area contributed by atoms with Crippen LogP contribution in [0.4, 0.5) is 0 Å². The van der Waals surface area contributed by atoms with Gasteiger partial charge >= 0.3 is 11.9 Å².